The number of carbonyl (C=O) groups excluding carboxylic acids is 2. The van der Waals surface area contributed by atoms with Crippen LogP contribution in [-0.4, -0.2) is 65.1 Å². The number of hydrogen-bond acceptors (Lipinski definition) is 9. The number of ether oxygens (including phenoxy) is 1. The number of nitrogens with one attached hydrogen (secondary N) is 3. The number of anilines is 1. The summed E-state index contributed by atoms with van der Waals surface area (Å²) in [6.07, 6.45) is 2.21. The van der Waals surface area contributed by atoms with Crippen molar-refractivity contribution in [2.75, 3.05) is 11.9 Å². The first-order chi connectivity index (χ1) is 23.1. The molecule has 1 aliphatic heterocycles. The van der Waals surface area contributed by atoms with Crippen molar-refractivity contribution in [1.82, 2.24) is 39.9 Å². The van der Waals surface area contributed by atoms with Crippen molar-refractivity contribution < 1.29 is 23.1 Å². The zero-order chi connectivity index (χ0) is 33.9. The molecule has 0 bridgehead atoms. The second kappa shape index (κ2) is 13.6. The first-order valence-corrected chi connectivity index (χ1v) is 15.5. The van der Waals surface area contributed by atoms with Crippen molar-refractivity contribution in [3.63, 3.8) is 0 Å². The fourth-order valence-corrected chi connectivity index (χ4v) is 5.55. The van der Waals surface area contributed by atoms with E-state index in [4.69, 9.17) is 4.74 Å². The fourth-order valence-electron chi connectivity index (χ4n) is 5.55. The van der Waals surface area contributed by atoms with Gasteiger partial charge in [-0.3, -0.25) is 19.5 Å². The van der Waals surface area contributed by atoms with E-state index in [9.17, 15) is 23.2 Å². The molecule has 2 amide bonds. The van der Waals surface area contributed by atoms with E-state index in [1.165, 1.54) is 12.1 Å². The Balaban J connectivity index is 1.22. The standard InChI is InChI=1S/C33H33F2N9O4/c1-4-24(39-30-23(35)16-37-31(40-30)26-22-12-20(34)14-36-29(22)42-41-26)32(46)38-15-21-13-25(45)28(48-17-19-8-6-5-7-9-19)27-33(47)43(18(2)3)10-11-44(21)27/h5-9,12-14,16,18,24H,4,10-11,15,17H2,1-3H3,(H,38,46)(H,36,41,42)(H,37,39,40). The number of halogens is 2. The van der Waals surface area contributed by atoms with Gasteiger partial charge in [-0.2, -0.15) is 5.10 Å². The summed E-state index contributed by atoms with van der Waals surface area (Å²) in [5, 5.41) is 12.6. The largest absolute Gasteiger partial charge is 0.483 e. The number of carbonyl (C=O) groups is 2. The minimum Gasteiger partial charge on any atom is -0.483 e. The molecule has 1 atom stereocenters. The number of benzene rings is 1. The van der Waals surface area contributed by atoms with Crippen LogP contribution in [0.5, 0.6) is 5.75 Å². The highest BCUT2D eigenvalue weighted by atomic mass is 19.1. The van der Waals surface area contributed by atoms with Crippen molar-refractivity contribution in [1.29, 1.82) is 0 Å². The van der Waals surface area contributed by atoms with Gasteiger partial charge in [0.1, 0.15) is 24.2 Å². The van der Waals surface area contributed by atoms with Crippen molar-refractivity contribution in [2.45, 2.75) is 59.0 Å². The summed E-state index contributed by atoms with van der Waals surface area (Å²) in [5.74, 6) is -2.50. The molecular weight excluding hydrogens is 624 g/mol. The summed E-state index contributed by atoms with van der Waals surface area (Å²) in [6.45, 7) is 6.35. The lowest BCUT2D eigenvalue weighted by molar-refractivity contribution is -0.122. The third-order valence-electron chi connectivity index (χ3n) is 8.05. The molecular formula is C33H33F2N9O4. The maximum absolute atomic E-state index is 14.9. The zero-order valence-corrected chi connectivity index (χ0v) is 26.5. The highest BCUT2D eigenvalue weighted by Crippen LogP contribution is 2.26. The molecule has 0 saturated heterocycles. The average molecular weight is 658 g/mol. The summed E-state index contributed by atoms with van der Waals surface area (Å²) < 4.78 is 36.4. The van der Waals surface area contributed by atoms with Gasteiger partial charge in [0, 0.05) is 30.9 Å². The topological polar surface area (TPSA) is 160 Å². The Morgan fingerprint density at radius 3 is 2.62 bits per heavy atom. The summed E-state index contributed by atoms with van der Waals surface area (Å²) in [7, 11) is 0. The summed E-state index contributed by atoms with van der Waals surface area (Å²) in [4.78, 5) is 54.2. The molecule has 6 rings (SSSR count). The van der Waals surface area contributed by atoms with Crippen molar-refractivity contribution in [3.8, 4) is 17.3 Å². The minimum absolute atomic E-state index is 0.0183. The highest BCUT2D eigenvalue weighted by Gasteiger charge is 2.32. The van der Waals surface area contributed by atoms with Gasteiger partial charge in [0.05, 0.1) is 24.3 Å². The van der Waals surface area contributed by atoms with Gasteiger partial charge in [-0.15, -0.1) is 0 Å². The van der Waals surface area contributed by atoms with Gasteiger partial charge in [-0.05, 0) is 31.9 Å². The van der Waals surface area contributed by atoms with Gasteiger partial charge in [0.25, 0.3) is 5.91 Å². The Morgan fingerprint density at radius 2 is 1.88 bits per heavy atom. The first-order valence-electron chi connectivity index (χ1n) is 15.5. The quantitative estimate of drug-likeness (QED) is 0.192. The molecule has 248 valence electrons. The third kappa shape index (κ3) is 6.43. The molecule has 1 aromatic carbocycles. The Morgan fingerprint density at radius 1 is 1.08 bits per heavy atom. The lowest BCUT2D eigenvalue weighted by atomic mass is 10.1. The van der Waals surface area contributed by atoms with Crippen molar-refractivity contribution in [2.24, 2.45) is 0 Å². The summed E-state index contributed by atoms with van der Waals surface area (Å²) >= 11 is 0. The van der Waals surface area contributed by atoms with E-state index in [2.05, 4.69) is 35.8 Å². The minimum atomic E-state index is -0.932. The van der Waals surface area contributed by atoms with Gasteiger partial charge in [0.2, 0.25) is 11.3 Å². The maximum Gasteiger partial charge on any atom is 0.274 e. The number of aromatic amines is 1. The van der Waals surface area contributed by atoms with Crippen LogP contribution in [0.1, 0.15) is 48.9 Å². The molecule has 15 heteroatoms. The van der Waals surface area contributed by atoms with Gasteiger partial charge in [-0.25, -0.2) is 23.7 Å². The molecule has 13 nitrogen and oxygen atoms in total. The van der Waals surface area contributed by atoms with E-state index in [0.29, 0.717) is 24.2 Å². The molecule has 0 spiro atoms. The van der Waals surface area contributed by atoms with Gasteiger partial charge < -0.3 is 24.8 Å². The van der Waals surface area contributed by atoms with Crippen LogP contribution >= 0.6 is 0 Å². The number of fused-ring (bicyclic) bond motifs is 2. The Labute approximate surface area is 273 Å². The maximum atomic E-state index is 14.9. The number of aromatic nitrogens is 6. The third-order valence-corrected chi connectivity index (χ3v) is 8.05. The Hall–Kier alpha value is -5.73. The lowest BCUT2D eigenvalue weighted by Crippen LogP contribution is -2.47. The molecule has 0 aliphatic carbocycles. The van der Waals surface area contributed by atoms with Crippen LogP contribution in [0.2, 0.25) is 0 Å². The number of nitrogens with zero attached hydrogens (tertiary/aromatic N) is 6. The smallest absolute Gasteiger partial charge is 0.274 e. The first kappa shape index (κ1) is 32.2. The van der Waals surface area contributed by atoms with E-state index in [1.54, 1.807) is 16.4 Å². The zero-order valence-electron chi connectivity index (χ0n) is 26.5. The second-order valence-corrected chi connectivity index (χ2v) is 11.5. The molecule has 1 unspecified atom stereocenters. The van der Waals surface area contributed by atoms with Crippen LogP contribution in [0.4, 0.5) is 14.6 Å². The van der Waals surface area contributed by atoms with Crippen molar-refractivity contribution in [3.05, 3.63) is 93.7 Å². The molecule has 48 heavy (non-hydrogen) atoms. The Bertz CT molecular complexity index is 2050. The van der Waals surface area contributed by atoms with E-state index in [1.807, 2.05) is 44.2 Å². The van der Waals surface area contributed by atoms with Crippen LogP contribution in [0, 0.1) is 11.6 Å². The molecule has 1 aliphatic rings. The molecule has 5 aromatic rings. The SMILES string of the molecule is CCC(Nc1nc(-c2[nH]nc3ncc(F)cc23)ncc1F)C(=O)NCc1cc(=O)c(OCc2ccccc2)c2n1CCN(C(C)C)C2=O. The van der Waals surface area contributed by atoms with Gasteiger partial charge >= 0.3 is 0 Å². The van der Waals surface area contributed by atoms with Crippen LogP contribution in [0.3, 0.4) is 0 Å². The average Bonchev–Trinajstić information content (AvgIpc) is 3.50. The van der Waals surface area contributed by atoms with E-state index in [0.717, 1.165) is 18.0 Å². The van der Waals surface area contributed by atoms with Gasteiger partial charge in [0.15, 0.2) is 34.6 Å². The van der Waals surface area contributed by atoms with E-state index in [-0.39, 0.29) is 65.9 Å². The fraction of sp³-hybridized carbons (Fsp3) is 0.303. The summed E-state index contributed by atoms with van der Waals surface area (Å²) in [6, 6.07) is 10.8. The predicted octanol–water partition coefficient (Wildman–Crippen LogP) is 3.80. The van der Waals surface area contributed by atoms with E-state index >= 15 is 0 Å². The second-order valence-electron chi connectivity index (χ2n) is 11.5. The monoisotopic (exact) mass is 657 g/mol. The number of amides is 2. The number of H-pyrrole nitrogens is 1. The molecule has 0 radical (unpaired) electrons. The molecule has 0 saturated carbocycles. The molecule has 0 fully saturated rings. The van der Waals surface area contributed by atoms with Crippen molar-refractivity contribution >= 4 is 28.7 Å². The van der Waals surface area contributed by atoms with Crippen LogP contribution in [-0.2, 0) is 24.5 Å². The molecule has 5 heterocycles. The van der Waals surface area contributed by atoms with Gasteiger partial charge in [-0.1, -0.05) is 37.3 Å². The Kier molecular flexibility index (Phi) is 9.10. The molecule has 3 N–H and O–H groups in total. The number of pyridine rings is 2. The lowest BCUT2D eigenvalue weighted by Gasteiger charge is -2.35. The molecule has 4 aromatic heterocycles. The number of hydrogen-bond donors (Lipinski definition) is 3. The normalized spacial score (nSPS) is 13.5. The van der Waals surface area contributed by atoms with Crippen LogP contribution in [0.25, 0.3) is 22.6 Å². The van der Waals surface area contributed by atoms with E-state index < -0.39 is 29.0 Å². The predicted molar refractivity (Wildman–Crippen MR) is 172 cm³/mol. The number of rotatable bonds is 11. The van der Waals surface area contributed by atoms with Crippen LogP contribution < -0.4 is 20.8 Å². The van der Waals surface area contributed by atoms with Crippen LogP contribution in [0.15, 0.2) is 59.7 Å². The highest BCUT2D eigenvalue weighted by molar-refractivity contribution is 5.96. The summed E-state index contributed by atoms with van der Waals surface area (Å²) in [5.41, 5.74) is 1.37.